The normalized spacial score (nSPS) is 41.8. The van der Waals surface area contributed by atoms with Crippen molar-refractivity contribution in [1.29, 1.82) is 0 Å². The number of hydrogen-bond acceptors (Lipinski definition) is 7. The van der Waals surface area contributed by atoms with E-state index in [1.807, 2.05) is 23.6 Å². The van der Waals surface area contributed by atoms with Gasteiger partial charge in [0, 0.05) is 67.4 Å². The van der Waals surface area contributed by atoms with Crippen LogP contribution in [0.5, 0.6) is 0 Å². The third kappa shape index (κ3) is 6.60. The van der Waals surface area contributed by atoms with Crippen LogP contribution in [0.3, 0.4) is 0 Å². The van der Waals surface area contributed by atoms with E-state index in [1.54, 1.807) is 9.80 Å². The first kappa shape index (κ1) is 34.7. The number of rotatable bonds is 3. The lowest BCUT2D eigenvalue weighted by Gasteiger charge is -2.60. The van der Waals surface area contributed by atoms with E-state index >= 15 is 8.78 Å². The van der Waals surface area contributed by atoms with Crippen molar-refractivity contribution in [3.8, 4) is 0 Å². The van der Waals surface area contributed by atoms with Gasteiger partial charge in [-0.25, -0.2) is 18.4 Å². The summed E-state index contributed by atoms with van der Waals surface area (Å²) in [4.78, 5) is 47.3. The number of thioether (sulfide) groups is 1. The second-order valence-corrected chi connectivity index (χ2v) is 16.2. The molecule has 47 heavy (non-hydrogen) atoms. The van der Waals surface area contributed by atoms with Gasteiger partial charge in [-0.3, -0.25) is 15.0 Å². The fourth-order valence-electron chi connectivity index (χ4n) is 9.66. The number of hydrogen-bond donors (Lipinski definition) is 4. The summed E-state index contributed by atoms with van der Waals surface area (Å²) in [7, 11) is 0. The molecule has 5 heterocycles. The monoisotopic (exact) mass is 680 g/mol. The van der Waals surface area contributed by atoms with Crippen LogP contribution >= 0.6 is 11.8 Å². The van der Waals surface area contributed by atoms with Crippen LogP contribution in [-0.4, -0.2) is 136 Å². The van der Waals surface area contributed by atoms with Gasteiger partial charge in [-0.15, -0.1) is 0 Å². The van der Waals surface area contributed by atoms with Crippen molar-refractivity contribution >= 4 is 29.7 Å². The quantitative estimate of drug-likeness (QED) is 0.338. The van der Waals surface area contributed by atoms with E-state index in [0.29, 0.717) is 51.9 Å². The van der Waals surface area contributed by atoms with Crippen LogP contribution in [0.25, 0.3) is 0 Å². The van der Waals surface area contributed by atoms with Crippen molar-refractivity contribution in [2.24, 2.45) is 23.5 Å². The van der Waals surface area contributed by atoms with Gasteiger partial charge in [-0.05, 0) is 69.7 Å². The first-order chi connectivity index (χ1) is 22.5. The molecule has 6 rings (SSSR count). The molecule has 0 radical (unpaired) electrons. The highest BCUT2D eigenvalue weighted by Gasteiger charge is 2.58. The van der Waals surface area contributed by atoms with E-state index in [2.05, 4.69) is 41.3 Å². The van der Waals surface area contributed by atoms with Crippen molar-refractivity contribution in [3.05, 3.63) is 12.7 Å². The fraction of sp³-hybridized carbons (Fsp3) is 0.848. The average molecular weight is 681 g/mol. The zero-order chi connectivity index (χ0) is 33.6. The Balaban J connectivity index is 1.41. The number of nitrogens with zero attached hydrogens (tertiary/aromatic N) is 4. The SMILES string of the molecule is C=CC(=O)N1CCN(C2NC(=O)N3C4NC(C(F)CC42)C2C(F)CCCC2N(C(N)=O)CCCSC2CCNC(C(C)C)C23)[C@@H](C)C1. The van der Waals surface area contributed by atoms with Crippen LogP contribution in [0.4, 0.5) is 18.4 Å². The molecule has 0 spiro atoms. The van der Waals surface area contributed by atoms with Crippen molar-refractivity contribution in [3.63, 3.8) is 0 Å². The highest BCUT2D eigenvalue weighted by atomic mass is 32.2. The van der Waals surface area contributed by atoms with Gasteiger partial charge in [0.15, 0.2) is 0 Å². The minimum Gasteiger partial charge on any atom is -0.351 e. The number of halogens is 2. The maximum absolute atomic E-state index is 16.8. The Morgan fingerprint density at radius 3 is 2.57 bits per heavy atom. The van der Waals surface area contributed by atoms with Crippen molar-refractivity contribution in [2.75, 3.05) is 38.5 Å². The number of fused-ring (bicyclic) bond motifs is 5. The lowest BCUT2D eigenvalue weighted by atomic mass is 9.72. The fourth-order valence-corrected chi connectivity index (χ4v) is 11.0. The second kappa shape index (κ2) is 14.4. The van der Waals surface area contributed by atoms with Crippen LogP contribution in [0.1, 0.15) is 59.3 Å². The predicted molar refractivity (Wildman–Crippen MR) is 179 cm³/mol. The molecule has 264 valence electrons. The van der Waals surface area contributed by atoms with Crippen LogP contribution in [0.15, 0.2) is 12.7 Å². The topological polar surface area (TPSA) is 126 Å². The zero-order valence-electron chi connectivity index (χ0n) is 28.0. The third-order valence-electron chi connectivity index (χ3n) is 11.8. The molecule has 1 aliphatic carbocycles. The highest BCUT2D eigenvalue weighted by molar-refractivity contribution is 7.99. The molecular weight excluding hydrogens is 626 g/mol. The van der Waals surface area contributed by atoms with E-state index in [0.717, 1.165) is 18.7 Å². The summed E-state index contributed by atoms with van der Waals surface area (Å²) in [6.45, 7) is 12.7. The van der Waals surface area contributed by atoms with Crippen LogP contribution < -0.4 is 21.7 Å². The molecule has 5 saturated heterocycles. The number of carbonyl (C=O) groups excluding carboxylic acids is 3. The van der Waals surface area contributed by atoms with Gasteiger partial charge < -0.3 is 31.1 Å². The summed E-state index contributed by atoms with van der Waals surface area (Å²) in [6, 6.07) is -2.43. The molecule has 5 N–H and O–H groups in total. The molecule has 1 saturated carbocycles. The second-order valence-electron chi connectivity index (χ2n) is 14.8. The summed E-state index contributed by atoms with van der Waals surface area (Å²) in [5, 5.41) is 10.8. The largest absolute Gasteiger partial charge is 0.351 e. The zero-order valence-corrected chi connectivity index (χ0v) is 28.8. The number of piperazine rings is 1. The maximum atomic E-state index is 16.8. The van der Waals surface area contributed by atoms with E-state index in [4.69, 9.17) is 5.73 Å². The Morgan fingerprint density at radius 1 is 1.09 bits per heavy atom. The summed E-state index contributed by atoms with van der Waals surface area (Å²) in [5.41, 5.74) is 5.93. The summed E-state index contributed by atoms with van der Waals surface area (Å²) in [6.07, 6.45) is 0.802. The molecule has 0 aromatic rings. The molecule has 11 unspecified atom stereocenters. The first-order valence-electron chi connectivity index (χ1n) is 17.7. The Morgan fingerprint density at radius 2 is 1.87 bits per heavy atom. The predicted octanol–water partition coefficient (Wildman–Crippen LogP) is 2.48. The summed E-state index contributed by atoms with van der Waals surface area (Å²) in [5.74, 6) is -0.236. The van der Waals surface area contributed by atoms with Gasteiger partial charge in [0.05, 0.1) is 18.4 Å². The standard InChI is InChI=1S/C33H54F2N8O3S/c1-5-25(44)40-13-14-41(19(4)17-40)30-20-16-22(35)28-26-21(34)8-6-9-23(26)42(32(36)45)12-7-15-47-24-10-11-37-27(18(2)3)29(24)43(31(20)38-28)33(46)39-30/h5,18-24,26-31,37-38H,1,6-17H2,2-4H3,(H2,36,45)(H,39,46)/t19-,20?,21?,22?,23?,24?,26?,27?,28?,29?,30?,31?/m0/s1. The van der Waals surface area contributed by atoms with E-state index in [9.17, 15) is 14.4 Å². The number of primary amides is 1. The summed E-state index contributed by atoms with van der Waals surface area (Å²) >= 11 is 1.83. The van der Waals surface area contributed by atoms with Crippen LogP contribution in [0, 0.1) is 17.8 Å². The van der Waals surface area contributed by atoms with Gasteiger partial charge in [-0.2, -0.15) is 11.8 Å². The van der Waals surface area contributed by atoms with Crippen LogP contribution in [0.2, 0.25) is 0 Å². The van der Waals surface area contributed by atoms with Gasteiger partial charge in [0.1, 0.15) is 12.3 Å². The lowest BCUT2D eigenvalue weighted by Crippen LogP contribution is -2.80. The van der Waals surface area contributed by atoms with Gasteiger partial charge in [0.2, 0.25) is 5.91 Å². The molecular formula is C33H54F2N8O3S. The van der Waals surface area contributed by atoms with Gasteiger partial charge in [-0.1, -0.05) is 20.4 Å². The van der Waals surface area contributed by atoms with Crippen molar-refractivity contribution in [2.45, 2.75) is 119 Å². The van der Waals surface area contributed by atoms with Crippen molar-refractivity contribution < 1.29 is 23.2 Å². The molecule has 6 aliphatic rings. The Kier molecular flexibility index (Phi) is 10.6. The van der Waals surface area contributed by atoms with E-state index in [-0.39, 0.29) is 53.6 Å². The molecule has 14 heteroatoms. The molecule has 0 aromatic carbocycles. The maximum Gasteiger partial charge on any atom is 0.320 e. The lowest BCUT2D eigenvalue weighted by molar-refractivity contribution is -0.132. The summed E-state index contributed by atoms with van der Waals surface area (Å²) < 4.78 is 33.0. The average Bonchev–Trinajstić information content (AvgIpc) is 3.04. The number of amides is 5. The number of alkyl halides is 2. The highest BCUT2D eigenvalue weighted by Crippen LogP contribution is 2.44. The number of nitrogens with two attached hydrogens (primary N) is 1. The first-order valence-corrected chi connectivity index (χ1v) is 18.8. The number of nitrogens with one attached hydrogen (secondary N) is 3. The van der Waals surface area contributed by atoms with E-state index < -0.39 is 48.7 Å². The molecule has 5 aliphatic heterocycles. The molecule has 2 bridgehead atoms. The minimum atomic E-state index is -1.39. The number of carbonyl (C=O) groups is 3. The van der Waals surface area contributed by atoms with Crippen LogP contribution in [-0.2, 0) is 4.79 Å². The Hall–Kier alpha value is -2.16. The molecule has 12 atom stereocenters. The van der Waals surface area contributed by atoms with Crippen molar-refractivity contribution in [1.82, 2.24) is 35.6 Å². The molecule has 0 aromatic heterocycles. The number of piperidine rings is 2. The third-order valence-corrected chi connectivity index (χ3v) is 13.3. The van der Waals surface area contributed by atoms with Gasteiger partial charge in [0.25, 0.3) is 0 Å². The number of urea groups is 2. The smallest absolute Gasteiger partial charge is 0.320 e. The molecule has 5 amide bonds. The Bertz CT molecular complexity index is 1180. The molecule has 11 nitrogen and oxygen atoms in total. The Labute approximate surface area is 282 Å². The minimum absolute atomic E-state index is 0.0172. The van der Waals surface area contributed by atoms with E-state index in [1.165, 1.54) is 6.08 Å². The van der Waals surface area contributed by atoms with Gasteiger partial charge >= 0.3 is 12.1 Å². The molecule has 6 fully saturated rings.